The Morgan fingerprint density at radius 3 is 2.65 bits per heavy atom. The molecule has 0 aliphatic heterocycles. The van der Waals surface area contributed by atoms with Gasteiger partial charge in [-0.3, -0.25) is 4.79 Å². The topological polar surface area (TPSA) is 102 Å². The molecule has 7 nitrogen and oxygen atoms in total. The van der Waals surface area contributed by atoms with Gasteiger partial charge in [0.25, 0.3) is 0 Å². The number of pyridine rings is 2. The fourth-order valence-corrected chi connectivity index (χ4v) is 3.94. The highest BCUT2D eigenvalue weighted by molar-refractivity contribution is 6.30. The molecular formula is C25H26ClFN2O5. The van der Waals surface area contributed by atoms with Crippen LogP contribution in [0.2, 0.25) is 5.02 Å². The minimum absolute atomic E-state index is 0.00124. The van der Waals surface area contributed by atoms with E-state index in [2.05, 4.69) is 11.6 Å². The number of ether oxygens (including phenoxy) is 1. The average molecular weight is 489 g/mol. The van der Waals surface area contributed by atoms with Gasteiger partial charge in [-0.05, 0) is 23.1 Å². The maximum absolute atomic E-state index is 14.6. The van der Waals surface area contributed by atoms with Crippen molar-refractivity contribution in [2.45, 2.75) is 33.2 Å². The Morgan fingerprint density at radius 2 is 2.06 bits per heavy atom. The van der Waals surface area contributed by atoms with Gasteiger partial charge in [0.2, 0.25) is 11.3 Å². The molecule has 0 spiro atoms. The van der Waals surface area contributed by atoms with Gasteiger partial charge in [-0.2, -0.15) is 4.98 Å². The minimum atomic E-state index is -1.40. The van der Waals surface area contributed by atoms with Gasteiger partial charge < -0.3 is 19.5 Å². The van der Waals surface area contributed by atoms with E-state index in [1.807, 2.05) is 20.8 Å². The lowest BCUT2D eigenvalue weighted by molar-refractivity contribution is 0.0692. The Balaban J connectivity index is 2.37. The van der Waals surface area contributed by atoms with Crippen LogP contribution in [0.25, 0.3) is 11.0 Å². The predicted octanol–water partition coefficient (Wildman–Crippen LogP) is 4.62. The first-order valence-electron chi connectivity index (χ1n) is 10.6. The summed E-state index contributed by atoms with van der Waals surface area (Å²) in [5.74, 6) is -1.88. The van der Waals surface area contributed by atoms with Crippen LogP contribution in [0.4, 0.5) is 4.39 Å². The summed E-state index contributed by atoms with van der Waals surface area (Å²) in [4.78, 5) is 29.5. The van der Waals surface area contributed by atoms with E-state index in [9.17, 15) is 24.2 Å². The van der Waals surface area contributed by atoms with E-state index in [0.717, 1.165) is 0 Å². The fraction of sp³-hybridized carbons (Fsp3) is 0.320. The van der Waals surface area contributed by atoms with Crippen molar-refractivity contribution in [3.8, 4) is 5.88 Å². The molecule has 1 aromatic carbocycles. The zero-order valence-corrected chi connectivity index (χ0v) is 19.9. The summed E-state index contributed by atoms with van der Waals surface area (Å²) >= 11 is 5.92. The highest BCUT2D eigenvalue weighted by Gasteiger charge is 2.29. The zero-order valence-electron chi connectivity index (χ0n) is 19.1. The summed E-state index contributed by atoms with van der Waals surface area (Å²) in [6.45, 7) is 9.05. The molecule has 3 rings (SSSR count). The number of carboxylic acids is 1. The van der Waals surface area contributed by atoms with E-state index >= 15 is 0 Å². The molecule has 1 atom stereocenters. The monoisotopic (exact) mass is 488 g/mol. The summed E-state index contributed by atoms with van der Waals surface area (Å²) in [6.07, 6.45) is 2.71. The van der Waals surface area contributed by atoms with Crippen molar-refractivity contribution in [2.75, 3.05) is 13.2 Å². The van der Waals surface area contributed by atoms with Crippen LogP contribution >= 0.6 is 11.6 Å². The summed E-state index contributed by atoms with van der Waals surface area (Å²) in [7, 11) is 0. The molecule has 180 valence electrons. The normalized spacial score (nSPS) is 12.5. The van der Waals surface area contributed by atoms with Crippen LogP contribution in [-0.4, -0.2) is 38.9 Å². The van der Waals surface area contributed by atoms with Crippen LogP contribution in [0, 0.1) is 11.2 Å². The number of benzene rings is 1. The number of hydrogen-bond acceptors (Lipinski definition) is 5. The van der Waals surface area contributed by atoms with Gasteiger partial charge in [0, 0.05) is 18.2 Å². The van der Waals surface area contributed by atoms with Crippen LogP contribution in [-0.2, 0) is 6.42 Å². The summed E-state index contributed by atoms with van der Waals surface area (Å²) in [5.41, 5.74) is -0.915. The summed E-state index contributed by atoms with van der Waals surface area (Å²) in [6, 6.07) is 5.45. The van der Waals surface area contributed by atoms with E-state index < -0.39 is 34.2 Å². The van der Waals surface area contributed by atoms with Gasteiger partial charge in [0.1, 0.15) is 23.6 Å². The molecule has 2 heterocycles. The molecular weight excluding hydrogens is 463 g/mol. The highest BCUT2D eigenvalue weighted by Crippen LogP contribution is 2.34. The number of aliphatic hydroxyl groups excluding tert-OH is 1. The molecule has 0 unspecified atom stereocenters. The fourth-order valence-electron chi connectivity index (χ4n) is 3.75. The van der Waals surface area contributed by atoms with Crippen molar-refractivity contribution >= 4 is 28.6 Å². The van der Waals surface area contributed by atoms with E-state index in [0.29, 0.717) is 5.56 Å². The first kappa shape index (κ1) is 25.4. The zero-order chi connectivity index (χ0) is 25.2. The minimum Gasteiger partial charge on any atom is -0.477 e. The number of aromatic nitrogens is 2. The van der Waals surface area contributed by atoms with Crippen molar-refractivity contribution in [1.29, 1.82) is 0 Å². The van der Waals surface area contributed by atoms with Gasteiger partial charge in [-0.25, -0.2) is 9.18 Å². The average Bonchev–Trinajstić information content (AvgIpc) is 2.76. The number of nitrogens with zero attached hydrogens (tertiary/aromatic N) is 2. The van der Waals surface area contributed by atoms with Gasteiger partial charge >= 0.3 is 5.97 Å². The molecule has 0 fully saturated rings. The molecule has 2 N–H and O–H groups in total. The molecule has 2 aromatic heterocycles. The van der Waals surface area contributed by atoms with Crippen molar-refractivity contribution in [2.24, 2.45) is 5.41 Å². The van der Waals surface area contributed by atoms with Gasteiger partial charge in [-0.15, -0.1) is 0 Å². The molecule has 34 heavy (non-hydrogen) atoms. The molecule has 9 heteroatoms. The van der Waals surface area contributed by atoms with Crippen molar-refractivity contribution < 1.29 is 24.1 Å². The van der Waals surface area contributed by atoms with Crippen molar-refractivity contribution in [1.82, 2.24) is 9.55 Å². The number of rotatable bonds is 8. The largest absolute Gasteiger partial charge is 0.477 e. The molecule has 0 bridgehead atoms. The van der Waals surface area contributed by atoms with E-state index in [-0.39, 0.29) is 47.1 Å². The highest BCUT2D eigenvalue weighted by atomic mass is 35.5. The van der Waals surface area contributed by atoms with Crippen LogP contribution < -0.4 is 10.2 Å². The maximum Gasteiger partial charge on any atom is 0.341 e. The second kappa shape index (κ2) is 9.95. The molecule has 3 aromatic rings. The molecule has 0 saturated carbocycles. The quantitative estimate of drug-likeness (QED) is 0.448. The van der Waals surface area contributed by atoms with Gasteiger partial charge in [0.05, 0.1) is 23.1 Å². The first-order valence-corrected chi connectivity index (χ1v) is 11.0. The first-order chi connectivity index (χ1) is 16.0. The second-order valence-corrected chi connectivity index (χ2v) is 9.37. The van der Waals surface area contributed by atoms with Gasteiger partial charge in [-0.1, -0.05) is 57.2 Å². The number of carboxylic acid groups (broad SMARTS) is 1. The Morgan fingerprint density at radius 1 is 1.35 bits per heavy atom. The Bertz CT molecular complexity index is 1310. The SMILES string of the molecule is C=CCOc1nc2c(cc1Cc1cccc(Cl)c1F)c(=O)c(C(=O)O)cn2[C@H](CO)C(C)(C)C. The number of halogens is 2. The Hall–Kier alpha value is -3.23. The summed E-state index contributed by atoms with van der Waals surface area (Å²) < 4.78 is 21.8. The lowest BCUT2D eigenvalue weighted by atomic mass is 9.86. The molecule has 0 aliphatic carbocycles. The van der Waals surface area contributed by atoms with Crippen LogP contribution in [0.1, 0.15) is 48.3 Å². The second-order valence-electron chi connectivity index (χ2n) is 8.96. The van der Waals surface area contributed by atoms with Crippen molar-refractivity contribution in [3.05, 3.63) is 80.9 Å². The van der Waals surface area contributed by atoms with Crippen LogP contribution in [0.3, 0.4) is 0 Å². The standard InChI is InChI=1S/C25H26ClFN2O5/c1-5-9-34-23-15(10-14-7-6-8-18(26)20(14)27)11-16-21(31)17(24(32)33)12-29(22(16)28-23)19(13-30)25(2,3)4/h5-8,11-12,19,30H,1,9-10,13H2,2-4H3,(H,32,33)/t19-/m1/s1. The number of fused-ring (bicyclic) bond motifs is 1. The summed E-state index contributed by atoms with van der Waals surface area (Å²) in [5, 5.41) is 19.7. The third-order valence-electron chi connectivity index (χ3n) is 5.53. The number of carbonyl (C=O) groups is 1. The maximum atomic E-state index is 14.6. The molecule has 0 amide bonds. The third-order valence-corrected chi connectivity index (χ3v) is 5.82. The number of hydrogen-bond donors (Lipinski definition) is 2. The lowest BCUT2D eigenvalue weighted by Crippen LogP contribution is -2.31. The van der Waals surface area contributed by atoms with E-state index in [1.165, 1.54) is 29.0 Å². The smallest absolute Gasteiger partial charge is 0.341 e. The Labute approximate surface area is 201 Å². The van der Waals surface area contributed by atoms with E-state index in [1.54, 1.807) is 12.1 Å². The number of aliphatic hydroxyl groups is 1. The lowest BCUT2D eigenvalue weighted by Gasteiger charge is -2.32. The number of aromatic carboxylic acids is 1. The molecule has 0 aliphatic rings. The van der Waals surface area contributed by atoms with E-state index in [4.69, 9.17) is 16.3 Å². The predicted molar refractivity (Wildman–Crippen MR) is 128 cm³/mol. The Kier molecular flexibility index (Phi) is 7.43. The van der Waals surface area contributed by atoms with Gasteiger partial charge in [0.15, 0.2) is 0 Å². The van der Waals surface area contributed by atoms with Crippen LogP contribution in [0.5, 0.6) is 5.88 Å². The van der Waals surface area contributed by atoms with Crippen LogP contribution in [0.15, 0.2) is 47.9 Å². The molecule has 0 saturated heterocycles. The molecule has 0 radical (unpaired) electrons. The third kappa shape index (κ3) is 4.98. The van der Waals surface area contributed by atoms with Crippen molar-refractivity contribution in [3.63, 3.8) is 0 Å².